The lowest BCUT2D eigenvalue weighted by Crippen LogP contribution is -2.10. The summed E-state index contributed by atoms with van der Waals surface area (Å²) in [5, 5.41) is 8.53. The molecule has 29 heavy (non-hydrogen) atoms. The van der Waals surface area contributed by atoms with Gasteiger partial charge >= 0.3 is 0 Å². The first kappa shape index (κ1) is 19.4. The fourth-order valence-electron chi connectivity index (χ4n) is 3.09. The van der Waals surface area contributed by atoms with E-state index >= 15 is 0 Å². The Kier molecular flexibility index (Phi) is 5.46. The number of imidazole rings is 1. The van der Waals surface area contributed by atoms with Gasteiger partial charge in [0.2, 0.25) is 0 Å². The number of halogens is 1. The zero-order valence-electron chi connectivity index (χ0n) is 16.6. The van der Waals surface area contributed by atoms with Gasteiger partial charge in [-0.2, -0.15) is 15.1 Å². The summed E-state index contributed by atoms with van der Waals surface area (Å²) in [5.41, 5.74) is 4.13. The van der Waals surface area contributed by atoms with Gasteiger partial charge in [-0.25, -0.2) is 9.67 Å². The van der Waals surface area contributed by atoms with Gasteiger partial charge in [0.1, 0.15) is 0 Å². The fourth-order valence-corrected chi connectivity index (χ4v) is 3.21. The van der Waals surface area contributed by atoms with Crippen LogP contribution in [0.2, 0.25) is 5.02 Å². The molecule has 0 bridgehead atoms. The van der Waals surface area contributed by atoms with Crippen LogP contribution >= 0.6 is 11.6 Å². The first-order chi connectivity index (χ1) is 14.0. The van der Waals surface area contributed by atoms with E-state index in [1.807, 2.05) is 55.7 Å². The molecule has 0 spiro atoms. The van der Waals surface area contributed by atoms with Gasteiger partial charge in [0.25, 0.3) is 5.95 Å². The van der Waals surface area contributed by atoms with Gasteiger partial charge in [0.15, 0.2) is 17.0 Å². The van der Waals surface area contributed by atoms with E-state index in [1.165, 1.54) is 0 Å². The van der Waals surface area contributed by atoms with Crippen LogP contribution in [0.1, 0.15) is 18.3 Å². The van der Waals surface area contributed by atoms with E-state index in [1.54, 1.807) is 11.0 Å². The van der Waals surface area contributed by atoms with Crippen LogP contribution in [0.5, 0.6) is 0 Å². The van der Waals surface area contributed by atoms with Crippen molar-refractivity contribution in [2.75, 3.05) is 18.5 Å². The van der Waals surface area contributed by atoms with E-state index in [4.69, 9.17) is 26.3 Å². The van der Waals surface area contributed by atoms with Crippen molar-refractivity contribution in [3.05, 3.63) is 53.1 Å². The number of benzene rings is 1. The highest BCUT2D eigenvalue weighted by Crippen LogP contribution is 2.25. The lowest BCUT2D eigenvalue weighted by Gasteiger charge is -2.10. The molecule has 0 aliphatic heterocycles. The van der Waals surface area contributed by atoms with E-state index in [2.05, 4.69) is 15.4 Å². The molecule has 0 radical (unpaired) electrons. The maximum Gasteiger partial charge on any atom is 0.254 e. The first-order valence-electron chi connectivity index (χ1n) is 9.42. The van der Waals surface area contributed by atoms with Crippen LogP contribution < -0.4 is 5.32 Å². The zero-order chi connectivity index (χ0) is 20.4. The summed E-state index contributed by atoms with van der Waals surface area (Å²) in [4.78, 5) is 14.0. The standard InChI is InChI=1S/C20H22ClN7O/c1-4-29-10-9-27-12-22-17-18(23-16-7-5-15(21)6-8-16)24-20(25-19(17)27)28-14(3)11-13(2)26-28/h5-8,11-12H,4,9-10H2,1-3H3,(H,23,24,25). The van der Waals surface area contributed by atoms with Crippen LogP contribution in [0.4, 0.5) is 11.5 Å². The van der Waals surface area contributed by atoms with Gasteiger partial charge in [-0.15, -0.1) is 0 Å². The minimum absolute atomic E-state index is 0.484. The predicted molar refractivity (Wildman–Crippen MR) is 113 cm³/mol. The van der Waals surface area contributed by atoms with Gasteiger partial charge in [-0.1, -0.05) is 11.6 Å². The SMILES string of the molecule is CCOCCn1cnc2c(Nc3ccc(Cl)cc3)nc(-n3nc(C)cc3C)nc21. The summed E-state index contributed by atoms with van der Waals surface area (Å²) in [6.07, 6.45) is 1.76. The summed E-state index contributed by atoms with van der Waals surface area (Å²) >= 11 is 6.01. The molecule has 150 valence electrons. The lowest BCUT2D eigenvalue weighted by atomic mass is 10.3. The topological polar surface area (TPSA) is 82.7 Å². The number of aryl methyl sites for hydroxylation is 2. The predicted octanol–water partition coefficient (Wildman–Crippen LogP) is 4.06. The summed E-state index contributed by atoms with van der Waals surface area (Å²) in [6, 6.07) is 9.43. The number of hydrogen-bond acceptors (Lipinski definition) is 6. The first-order valence-corrected chi connectivity index (χ1v) is 9.80. The highest BCUT2D eigenvalue weighted by Gasteiger charge is 2.16. The Morgan fingerprint density at radius 2 is 1.93 bits per heavy atom. The Morgan fingerprint density at radius 1 is 1.14 bits per heavy atom. The monoisotopic (exact) mass is 411 g/mol. The Morgan fingerprint density at radius 3 is 2.62 bits per heavy atom. The number of fused-ring (bicyclic) bond motifs is 1. The molecule has 0 fully saturated rings. The third kappa shape index (κ3) is 4.08. The maximum atomic E-state index is 6.01. The highest BCUT2D eigenvalue weighted by atomic mass is 35.5. The van der Waals surface area contributed by atoms with E-state index in [0.29, 0.717) is 42.1 Å². The number of nitrogens with one attached hydrogen (secondary N) is 1. The van der Waals surface area contributed by atoms with Crippen molar-refractivity contribution in [2.45, 2.75) is 27.3 Å². The molecule has 9 heteroatoms. The second-order valence-electron chi connectivity index (χ2n) is 6.65. The molecule has 0 aliphatic carbocycles. The Balaban J connectivity index is 1.81. The van der Waals surface area contributed by atoms with Crippen LogP contribution in [0.15, 0.2) is 36.7 Å². The summed E-state index contributed by atoms with van der Waals surface area (Å²) < 4.78 is 9.20. The number of nitrogens with zero attached hydrogens (tertiary/aromatic N) is 6. The third-order valence-electron chi connectivity index (χ3n) is 4.44. The molecule has 1 aromatic carbocycles. The zero-order valence-corrected chi connectivity index (χ0v) is 17.3. The largest absolute Gasteiger partial charge is 0.380 e. The van der Waals surface area contributed by atoms with E-state index in [9.17, 15) is 0 Å². The summed E-state index contributed by atoms with van der Waals surface area (Å²) in [6.45, 7) is 7.80. The minimum atomic E-state index is 0.484. The van der Waals surface area contributed by atoms with Gasteiger partial charge in [0, 0.05) is 29.6 Å². The van der Waals surface area contributed by atoms with Crippen molar-refractivity contribution in [1.82, 2.24) is 29.3 Å². The van der Waals surface area contributed by atoms with Gasteiger partial charge in [0.05, 0.1) is 18.6 Å². The molecular formula is C20H22ClN7O. The molecule has 3 heterocycles. The summed E-state index contributed by atoms with van der Waals surface area (Å²) in [5.74, 6) is 1.09. The molecule has 0 saturated heterocycles. The van der Waals surface area contributed by atoms with Crippen LogP contribution in [0.25, 0.3) is 17.1 Å². The van der Waals surface area contributed by atoms with Gasteiger partial charge < -0.3 is 14.6 Å². The van der Waals surface area contributed by atoms with Crippen molar-refractivity contribution in [3.8, 4) is 5.95 Å². The average molecular weight is 412 g/mol. The van der Waals surface area contributed by atoms with Crippen molar-refractivity contribution < 1.29 is 4.74 Å². The Bertz CT molecular complexity index is 1130. The van der Waals surface area contributed by atoms with Crippen molar-refractivity contribution in [1.29, 1.82) is 0 Å². The molecule has 0 unspecified atom stereocenters. The molecule has 4 rings (SSSR count). The molecule has 0 aliphatic rings. The second-order valence-corrected chi connectivity index (χ2v) is 7.09. The molecule has 0 saturated carbocycles. The quantitative estimate of drug-likeness (QED) is 0.462. The number of rotatable bonds is 7. The van der Waals surface area contributed by atoms with Gasteiger partial charge in [-0.3, -0.25) is 0 Å². The van der Waals surface area contributed by atoms with Crippen LogP contribution in [0, 0.1) is 13.8 Å². The average Bonchev–Trinajstić information content (AvgIpc) is 3.26. The highest BCUT2D eigenvalue weighted by molar-refractivity contribution is 6.30. The Hall–Kier alpha value is -2.97. The fraction of sp³-hybridized carbons (Fsp3) is 0.300. The number of aromatic nitrogens is 6. The second kappa shape index (κ2) is 8.18. The van der Waals surface area contributed by atoms with E-state index in [0.717, 1.165) is 22.7 Å². The molecule has 3 aromatic heterocycles. The van der Waals surface area contributed by atoms with Crippen LogP contribution in [-0.2, 0) is 11.3 Å². The third-order valence-corrected chi connectivity index (χ3v) is 4.69. The molecule has 4 aromatic rings. The van der Waals surface area contributed by atoms with Gasteiger partial charge in [-0.05, 0) is 51.1 Å². The molecule has 0 atom stereocenters. The number of anilines is 2. The van der Waals surface area contributed by atoms with E-state index < -0.39 is 0 Å². The molecular weight excluding hydrogens is 390 g/mol. The minimum Gasteiger partial charge on any atom is -0.380 e. The van der Waals surface area contributed by atoms with E-state index in [-0.39, 0.29) is 0 Å². The van der Waals surface area contributed by atoms with Crippen LogP contribution in [-0.4, -0.2) is 42.5 Å². The Labute approximate surface area is 173 Å². The lowest BCUT2D eigenvalue weighted by molar-refractivity contribution is 0.139. The maximum absolute atomic E-state index is 6.01. The molecule has 0 amide bonds. The van der Waals surface area contributed by atoms with Crippen molar-refractivity contribution in [2.24, 2.45) is 0 Å². The molecule has 1 N–H and O–H groups in total. The van der Waals surface area contributed by atoms with Crippen LogP contribution in [0.3, 0.4) is 0 Å². The molecule has 8 nitrogen and oxygen atoms in total. The number of ether oxygens (including phenoxy) is 1. The normalized spacial score (nSPS) is 11.3. The number of hydrogen-bond donors (Lipinski definition) is 1. The summed E-state index contributed by atoms with van der Waals surface area (Å²) in [7, 11) is 0. The van der Waals surface area contributed by atoms with Crippen molar-refractivity contribution in [3.63, 3.8) is 0 Å². The van der Waals surface area contributed by atoms with Crippen molar-refractivity contribution >= 4 is 34.3 Å². The smallest absolute Gasteiger partial charge is 0.254 e.